The largest absolute Gasteiger partial charge is 0.326 e. The molecular formula is C18H19FN2O3. The smallest absolute Gasteiger partial charge is 0.233 e. The molecule has 3 rings (SSSR count). The quantitative estimate of drug-likeness (QED) is 0.666. The van der Waals surface area contributed by atoms with E-state index < -0.39 is 0 Å². The van der Waals surface area contributed by atoms with Gasteiger partial charge in [-0.1, -0.05) is 12.2 Å². The molecule has 1 aromatic carbocycles. The van der Waals surface area contributed by atoms with Gasteiger partial charge in [-0.3, -0.25) is 19.3 Å². The van der Waals surface area contributed by atoms with Gasteiger partial charge in [-0.2, -0.15) is 0 Å². The summed E-state index contributed by atoms with van der Waals surface area (Å²) < 4.78 is 12.8. The van der Waals surface area contributed by atoms with Crippen molar-refractivity contribution in [3.05, 3.63) is 42.2 Å². The molecule has 3 amide bonds. The molecule has 1 heterocycles. The van der Waals surface area contributed by atoms with Gasteiger partial charge in [0.25, 0.3) is 0 Å². The second-order valence-electron chi connectivity index (χ2n) is 6.14. The molecule has 1 aliphatic carbocycles. The van der Waals surface area contributed by atoms with Crippen LogP contribution in [-0.2, 0) is 14.4 Å². The number of fused-ring (bicyclic) bond motifs is 1. The lowest BCUT2D eigenvalue weighted by Gasteiger charge is -2.14. The predicted octanol–water partition coefficient (Wildman–Crippen LogP) is 2.50. The zero-order valence-electron chi connectivity index (χ0n) is 13.2. The first-order valence-electron chi connectivity index (χ1n) is 8.12. The maximum Gasteiger partial charge on any atom is 0.233 e. The van der Waals surface area contributed by atoms with E-state index in [2.05, 4.69) is 5.32 Å². The van der Waals surface area contributed by atoms with Crippen LogP contribution in [0.4, 0.5) is 10.1 Å². The minimum Gasteiger partial charge on any atom is -0.326 e. The Balaban J connectivity index is 1.48. The molecule has 0 bridgehead atoms. The number of carbonyl (C=O) groups is 3. The third-order valence-corrected chi connectivity index (χ3v) is 4.51. The molecule has 1 aliphatic heterocycles. The minimum atomic E-state index is -0.366. The molecule has 1 aromatic rings. The first-order valence-corrected chi connectivity index (χ1v) is 8.12. The lowest BCUT2D eigenvalue weighted by atomic mass is 9.85. The van der Waals surface area contributed by atoms with Crippen LogP contribution in [0.5, 0.6) is 0 Å². The summed E-state index contributed by atoms with van der Waals surface area (Å²) in [6.07, 6.45) is 5.75. The lowest BCUT2D eigenvalue weighted by molar-refractivity contribution is -0.140. The molecule has 2 atom stereocenters. The van der Waals surface area contributed by atoms with E-state index in [4.69, 9.17) is 0 Å². The molecule has 0 aromatic heterocycles. The van der Waals surface area contributed by atoms with Gasteiger partial charge in [0.1, 0.15) is 5.82 Å². The second-order valence-corrected chi connectivity index (χ2v) is 6.14. The molecule has 1 saturated heterocycles. The van der Waals surface area contributed by atoms with Crippen molar-refractivity contribution in [3.63, 3.8) is 0 Å². The number of hydrogen-bond donors (Lipinski definition) is 1. The normalized spacial score (nSPS) is 22.6. The lowest BCUT2D eigenvalue weighted by Crippen LogP contribution is -2.32. The predicted molar refractivity (Wildman–Crippen MR) is 86.3 cm³/mol. The van der Waals surface area contributed by atoms with Crippen molar-refractivity contribution in [1.29, 1.82) is 0 Å². The molecule has 5 nitrogen and oxygen atoms in total. The van der Waals surface area contributed by atoms with E-state index in [1.54, 1.807) is 0 Å². The molecule has 1 N–H and O–H groups in total. The molecular weight excluding hydrogens is 311 g/mol. The first-order chi connectivity index (χ1) is 11.6. The summed E-state index contributed by atoms with van der Waals surface area (Å²) in [7, 11) is 0. The average Bonchev–Trinajstić information content (AvgIpc) is 2.82. The van der Waals surface area contributed by atoms with Gasteiger partial charge < -0.3 is 5.32 Å². The van der Waals surface area contributed by atoms with Crippen LogP contribution >= 0.6 is 0 Å². The number of benzene rings is 1. The van der Waals surface area contributed by atoms with E-state index in [9.17, 15) is 18.8 Å². The summed E-state index contributed by atoms with van der Waals surface area (Å²) in [6.45, 7) is 0.265. The van der Waals surface area contributed by atoms with Gasteiger partial charge in [-0.05, 0) is 43.5 Å². The monoisotopic (exact) mass is 330 g/mol. The number of allylic oxidation sites excluding steroid dienone is 2. The van der Waals surface area contributed by atoms with E-state index >= 15 is 0 Å². The second kappa shape index (κ2) is 6.95. The van der Waals surface area contributed by atoms with Crippen LogP contribution in [0.2, 0.25) is 0 Å². The number of carbonyl (C=O) groups excluding carboxylic acids is 3. The van der Waals surface area contributed by atoms with Gasteiger partial charge in [0, 0.05) is 18.7 Å². The van der Waals surface area contributed by atoms with E-state index in [1.165, 1.54) is 29.2 Å². The topological polar surface area (TPSA) is 66.5 Å². The Labute approximate surface area is 139 Å². The Bertz CT molecular complexity index is 658. The molecule has 0 spiro atoms. The molecule has 0 saturated carbocycles. The van der Waals surface area contributed by atoms with Gasteiger partial charge in [0.15, 0.2) is 0 Å². The summed E-state index contributed by atoms with van der Waals surface area (Å²) in [4.78, 5) is 37.7. The Hall–Kier alpha value is -2.50. The van der Waals surface area contributed by atoms with Crippen molar-refractivity contribution in [2.75, 3.05) is 11.9 Å². The molecule has 2 aliphatic rings. The number of hydrogen-bond acceptors (Lipinski definition) is 3. The van der Waals surface area contributed by atoms with Crippen molar-refractivity contribution < 1.29 is 18.8 Å². The van der Waals surface area contributed by atoms with E-state index in [0.29, 0.717) is 24.9 Å². The van der Waals surface area contributed by atoms with Crippen LogP contribution in [-0.4, -0.2) is 29.2 Å². The summed E-state index contributed by atoms with van der Waals surface area (Å²) >= 11 is 0. The van der Waals surface area contributed by atoms with E-state index in [1.807, 2.05) is 12.2 Å². The van der Waals surface area contributed by atoms with Crippen molar-refractivity contribution in [2.45, 2.75) is 25.7 Å². The van der Waals surface area contributed by atoms with Crippen LogP contribution in [0.1, 0.15) is 25.7 Å². The van der Waals surface area contributed by atoms with Gasteiger partial charge in [-0.15, -0.1) is 0 Å². The van der Waals surface area contributed by atoms with Gasteiger partial charge >= 0.3 is 0 Å². The summed E-state index contributed by atoms with van der Waals surface area (Å²) in [5.74, 6) is -1.28. The van der Waals surface area contributed by atoms with Crippen molar-refractivity contribution in [2.24, 2.45) is 11.8 Å². The highest BCUT2D eigenvalue weighted by atomic mass is 19.1. The Morgan fingerprint density at radius 3 is 2.25 bits per heavy atom. The fourth-order valence-electron chi connectivity index (χ4n) is 3.24. The molecule has 24 heavy (non-hydrogen) atoms. The number of likely N-dealkylation sites (tertiary alicyclic amines) is 1. The maximum absolute atomic E-state index is 12.8. The van der Waals surface area contributed by atoms with Crippen LogP contribution in [0.3, 0.4) is 0 Å². The highest BCUT2D eigenvalue weighted by molar-refractivity contribution is 6.05. The zero-order valence-corrected chi connectivity index (χ0v) is 13.2. The number of rotatable bonds is 5. The van der Waals surface area contributed by atoms with E-state index in [-0.39, 0.29) is 48.3 Å². The third kappa shape index (κ3) is 3.37. The SMILES string of the molecule is O=C(CCCN1C(=O)[C@H]2CC=CC[C@@H]2C1=O)Nc1ccc(F)cc1. The maximum atomic E-state index is 12.8. The minimum absolute atomic E-state index is 0.117. The number of imide groups is 1. The Morgan fingerprint density at radius 2 is 1.67 bits per heavy atom. The Morgan fingerprint density at radius 1 is 1.08 bits per heavy atom. The molecule has 1 fully saturated rings. The standard InChI is InChI=1S/C18H19FN2O3/c19-12-7-9-13(10-8-12)20-16(22)6-3-11-21-17(23)14-4-1-2-5-15(14)18(21)24/h1-2,7-10,14-15H,3-6,11H2,(H,20,22)/t14-,15-/m0/s1. The van der Waals surface area contributed by atoms with Crippen molar-refractivity contribution in [3.8, 4) is 0 Å². The molecule has 0 unspecified atom stereocenters. The third-order valence-electron chi connectivity index (χ3n) is 4.51. The van der Waals surface area contributed by atoms with E-state index in [0.717, 1.165) is 0 Å². The Kier molecular flexibility index (Phi) is 4.74. The number of halogens is 1. The highest BCUT2D eigenvalue weighted by Crippen LogP contribution is 2.35. The zero-order chi connectivity index (χ0) is 17.1. The van der Waals surface area contributed by atoms with Crippen molar-refractivity contribution >= 4 is 23.4 Å². The summed E-state index contributed by atoms with van der Waals surface area (Å²) in [6, 6.07) is 5.51. The van der Waals surface area contributed by atoms with Gasteiger partial charge in [-0.25, -0.2) is 4.39 Å². The van der Waals surface area contributed by atoms with Crippen molar-refractivity contribution in [1.82, 2.24) is 4.90 Å². The first kappa shape index (κ1) is 16.4. The summed E-state index contributed by atoms with van der Waals surface area (Å²) in [5.41, 5.74) is 0.520. The fraction of sp³-hybridized carbons (Fsp3) is 0.389. The number of amides is 3. The van der Waals surface area contributed by atoms with Gasteiger partial charge in [0.2, 0.25) is 17.7 Å². The molecule has 0 radical (unpaired) electrons. The highest BCUT2D eigenvalue weighted by Gasteiger charge is 2.46. The number of nitrogens with one attached hydrogen (secondary N) is 1. The fourth-order valence-corrected chi connectivity index (χ4v) is 3.24. The van der Waals surface area contributed by atoms with Crippen LogP contribution in [0.15, 0.2) is 36.4 Å². The number of nitrogens with zero attached hydrogens (tertiary/aromatic N) is 1. The summed E-state index contributed by atoms with van der Waals surface area (Å²) in [5, 5.41) is 2.66. The van der Waals surface area contributed by atoms with Crippen LogP contribution in [0, 0.1) is 17.7 Å². The average molecular weight is 330 g/mol. The molecule has 6 heteroatoms. The molecule has 126 valence electrons. The number of anilines is 1. The van der Waals surface area contributed by atoms with Crippen LogP contribution < -0.4 is 5.32 Å². The van der Waals surface area contributed by atoms with Gasteiger partial charge in [0.05, 0.1) is 11.8 Å². The van der Waals surface area contributed by atoms with Crippen LogP contribution in [0.25, 0.3) is 0 Å².